The van der Waals surface area contributed by atoms with Crippen molar-refractivity contribution in [3.8, 4) is 0 Å². The lowest BCUT2D eigenvalue weighted by Crippen LogP contribution is -2.30. The predicted octanol–water partition coefficient (Wildman–Crippen LogP) is 23.0. The van der Waals surface area contributed by atoms with Crippen molar-refractivity contribution in [3.63, 3.8) is 0 Å². The summed E-state index contributed by atoms with van der Waals surface area (Å²) in [6.07, 6.45) is 78.0. The standard InChI is InChI=1S/C69H130O6/c1-4-7-10-13-16-19-22-25-26-27-28-29-30-31-32-33-34-35-36-37-38-39-40-41-42-43-44-45-48-50-53-56-59-62-68(71)74-65-66(75-69(72)63-60-57-54-51-47-24-21-18-15-12-9-6-3)64-73-67(70)61-58-55-52-49-46-23-20-17-14-11-8-5-2/h18,21,27-28,66H,4-17,19-20,22-26,29-65H2,1-3H3/b21-18-,28-27-. The molecule has 6 nitrogen and oxygen atoms in total. The average Bonchev–Trinajstić information content (AvgIpc) is 3.41. The molecule has 0 amide bonds. The fourth-order valence-electron chi connectivity index (χ4n) is 10.3. The number of rotatable bonds is 63. The van der Waals surface area contributed by atoms with Crippen molar-refractivity contribution in [2.24, 2.45) is 0 Å². The van der Waals surface area contributed by atoms with Gasteiger partial charge in [0.2, 0.25) is 0 Å². The van der Waals surface area contributed by atoms with Crippen molar-refractivity contribution >= 4 is 17.9 Å². The highest BCUT2D eigenvalue weighted by molar-refractivity contribution is 5.71. The molecule has 1 unspecified atom stereocenters. The SMILES string of the molecule is CCCCC/C=C\CCCCCCCC(=O)OC(COC(=O)CCCCCCCCCCCCCC)COC(=O)CCCCCCCCCCCCCCCCCCCCCCC/C=C\CCCCCCCCCC. The summed E-state index contributed by atoms with van der Waals surface area (Å²) in [5, 5.41) is 0. The monoisotopic (exact) mass is 1050 g/mol. The average molecular weight is 1060 g/mol. The summed E-state index contributed by atoms with van der Waals surface area (Å²) in [4.78, 5) is 38.2. The number of esters is 3. The van der Waals surface area contributed by atoms with Gasteiger partial charge < -0.3 is 14.2 Å². The van der Waals surface area contributed by atoms with E-state index >= 15 is 0 Å². The summed E-state index contributed by atoms with van der Waals surface area (Å²) in [6.45, 7) is 6.66. The second-order valence-corrected chi connectivity index (χ2v) is 23.1. The van der Waals surface area contributed by atoms with Gasteiger partial charge in [-0.2, -0.15) is 0 Å². The molecular formula is C69H130O6. The first kappa shape index (κ1) is 72.9. The first-order valence-corrected chi connectivity index (χ1v) is 33.8. The van der Waals surface area contributed by atoms with Crippen LogP contribution in [0.2, 0.25) is 0 Å². The van der Waals surface area contributed by atoms with Crippen LogP contribution < -0.4 is 0 Å². The number of carbonyl (C=O) groups is 3. The minimum Gasteiger partial charge on any atom is -0.462 e. The van der Waals surface area contributed by atoms with Crippen molar-refractivity contribution in [2.75, 3.05) is 13.2 Å². The molecule has 1 atom stereocenters. The zero-order valence-electron chi connectivity index (χ0n) is 50.8. The van der Waals surface area contributed by atoms with Crippen LogP contribution in [0.15, 0.2) is 24.3 Å². The van der Waals surface area contributed by atoms with E-state index in [2.05, 4.69) is 45.1 Å². The largest absolute Gasteiger partial charge is 0.462 e. The third kappa shape index (κ3) is 62.6. The Kier molecular flexibility index (Phi) is 62.6. The van der Waals surface area contributed by atoms with Crippen LogP contribution in [0.5, 0.6) is 0 Å². The molecule has 0 saturated carbocycles. The number of allylic oxidation sites excluding steroid dienone is 4. The van der Waals surface area contributed by atoms with Gasteiger partial charge in [0, 0.05) is 19.3 Å². The maximum Gasteiger partial charge on any atom is 0.306 e. The first-order valence-electron chi connectivity index (χ1n) is 33.8. The molecule has 0 N–H and O–H groups in total. The molecule has 0 aliphatic heterocycles. The zero-order chi connectivity index (χ0) is 54.3. The Balaban J connectivity index is 4.00. The predicted molar refractivity (Wildman–Crippen MR) is 326 cm³/mol. The van der Waals surface area contributed by atoms with E-state index in [9.17, 15) is 14.4 Å². The molecule has 0 heterocycles. The van der Waals surface area contributed by atoms with Crippen molar-refractivity contribution in [2.45, 2.75) is 386 Å². The van der Waals surface area contributed by atoms with Crippen LogP contribution in [0.4, 0.5) is 0 Å². The van der Waals surface area contributed by atoms with E-state index in [-0.39, 0.29) is 31.1 Å². The fraction of sp³-hybridized carbons (Fsp3) is 0.899. The summed E-state index contributed by atoms with van der Waals surface area (Å²) in [6, 6.07) is 0. The van der Waals surface area contributed by atoms with Gasteiger partial charge in [0.05, 0.1) is 0 Å². The summed E-state index contributed by atoms with van der Waals surface area (Å²) in [5.74, 6) is -0.854. The van der Waals surface area contributed by atoms with E-state index in [1.165, 1.54) is 276 Å². The van der Waals surface area contributed by atoms with Crippen LogP contribution in [0.25, 0.3) is 0 Å². The lowest BCUT2D eigenvalue weighted by Gasteiger charge is -2.18. The number of unbranched alkanes of at least 4 members (excludes halogenated alkanes) is 48. The van der Waals surface area contributed by atoms with E-state index in [0.29, 0.717) is 19.3 Å². The Labute approximate surface area is 468 Å². The van der Waals surface area contributed by atoms with Crippen molar-refractivity contribution in [1.29, 1.82) is 0 Å². The second kappa shape index (κ2) is 64.4. The number of carbonyl (C=O) groups excluding carboxylic acids is 3. The molecule has 0 rings (SSSR count). The van der Waals surface area contributed by atoms with Crippen molar-refractivity contribution in [3.05, 3.63) is 24.3 Å². The fourth-order valence-corrected chi connectivity index (χ4v) is 10.3. The molecule has 0 spiro atoms. The minimum atomic E-state index is -0.770. The quantitative estimate of drug-likeness (QED) is 0.0261. The Morgan fingerprint density at radius 3 is 0.693 bits per heavy atom. The van der Waals surface area contributed by atoms with Crippen molar-refractivity contribution in [1.82, 2.24) is 0 Å². The van der Waals surface area contributed by atoms with Crippen LogP contribution in [0.1, 0.15) is 380 Å². The normalized spacial score (nSPS) is 12.1. The molecule has 0 aromatic carbocycles. The van der Waals surface area contributed by atoms with Gasteiger partial charge >= 0.3 is 17.9 Å². The molecule has 0 fully saturated rings. The van der Waals surface area contributed by atoms with Crippen molar-refractivity contribution < 1.29 is 28.6 Å². The Hall–Kier alpha value is -2.11. The molecule has 0 bridgehead atoms. The summed E-state index contributed by atoms with van der Waals surface area (Å²) in [7, 11) is 0. The molecule has 0 aromatic rings. The molecule has 0 radical (unpaired) electrons. The Morgan fingerprint density at radius 1 is 0.253 bits per heavy atom. The van der Waals surface area contributed by atoms with Crippen LogP contribution >= 0.6 is 0 Å². The molecular weight excluding hydrogens is 925 g/mol. The minimum absolute atomic E-state index is 0.0687. The van der Waals surface area contributed by atoms with Gasteiger partial charge in [-0.3, -0.25) is 14.4 Å². The molecule has 0 aliphatic carbocycles. The second-order valence-electron chi connectivity index (χ2n) is 23.1. The first-order chi connectivity index (χ1) is 37.0. The lowest BCUT2D eigenvalue weighted by atomic mass is 10.0. The molecule has 0 aliphatic rings. The van der Waals surface area contributed by atoms with Crippen LogP contribution in [-0.2, 0) is 28.6 Å². The van der Waals surface area contributed by atoms with Crippen LogP contribution in [0.3, 0.4) is 0 Å². The van der Waals surface area contributed by atoms with Crippen LogP contribution in [-0.4, -0.2) is 37.2 Å². The highest BCUT2D eigenvalue weighted by Crippen LogP contribution is 2.18. The smallest absolute Gasteiger partial charge is 0.306 e. The van der Waals surface area contributed by atoms with Gasteiger partial charge in [-0.25, -0.2) is 0 Å². The van der Waals surface area contributed by atoms with Gasteiger partial charge in [0.15, 0.2) is 6.10 Å². The number of hydrogen-bond donors (Lipinski definition) is 0. The van der Waals surface area contributed by atoms with Crippen LogP contribution in [0, 0.1) is 0 Å². The van der Waals surface area contributed by atoms with Gasteiger partial charge in [-0.1, -0.05) is 315 Å². The van der Waals surface area contributed by atoms with E-state index in [1.54, 1.807) is 0 Å². The van der Waals surface area contributed by atoms with E-state index in [1.807, 2.05) is 0 Å². The Bertz CT molecular complexity index is 1210. The molecule has 442 valence electrons. The molecule has 75 heavy (non-hydrogen) atoms. The number of hydrogen-bond acceptors (Lipinski definition) is 6. The molecule has 0 aromatic heterocycles. The maximum absolute atomic E-state index is 12.8. The highest BCUT2D eigenvalue weighted by Gasteiger charge is 2.19. The molecule has 0 saturated heterocycles. The lowest BCUT2D eigenvalue weighted by molar-refractivity contribution is -0.167. The molecule has 6 heteroatoms. The van der Waals surface area contributed by atoms with Gasteiger partial charge in [0.1, 0.15) is 13.2 Å². The zero-order valence-corrected chi connectivity index (χ0v) is 50.8. The van der Waals surface area contributed by atoms with E-state index < -0.39 is 6.10 Å². The summed E-state index contributed by atoms with van der Waals surface area (Å²) in [5.41, 5.74) is 0. The third-order valence-electron chi connectivity index (χ3n) is 15.4. The Morgan fingerprint density at radius 2 is 0.440 bits per heavy atom. The van der Waals surface area contributed by atoms with Gasteiger partial charge in [0.25, 0.3) is 0 Å². The third-order valence-corrected chi connectivity index (χ3v) is 15.4. The number of ether oxygens (including phenoxy) is 3. The summed E-state index contributed by atoms with van der Waals surface area (Å²) < 4.78 is 16.9. The maximum atomic E-state index is 12.8. The van der Waals surface area contributed by atoms with E-state index in [0.717, 1.165) is 64.2 Å². The van der Waals surface area contributed by atoms with Gasteiger partial charge in [-0.15, -0.1) is 0 Å². The highest BCUT2D eigenvalue weighted by atomic mass is 16.6. The van der Waals surface area contributed by atoms with E-state index in [4.69, 9.17) is 14.2 Å². The summed E-state index contributed by atoms with van der Waals surface area (Å²) >= 11 is 0. The topological polar surface area (TPSA) is 78.9 Å². The van der Waals surface area contributed by atoms with Gasteiger partial charge in [-0.05, 0) is 70.6 Å².